The smallest absolute Gasteiger partial charge is 0.344 e. The molecule has 0 unspecified atom stereocenters. The normalized spacial score (nSPS) is 11.3. The van der Waals surface area contributed by atoms with Crippen molar-refractivity contribution in [3.63, 3.8) is 0 Å². The van der Waals surface area contributed by atoms with Crippen molar-refractivity contribution in [3.8, 4) is 0 Å². The van der Waals surface area contributed by atoms with Gasteiger partial charge in [-0.25, -0.2) is 0 Å². The Morgan fingerprint density at radius 2 is 2.15 bits per heavy atom. The molecule has 0 aliphatic heterocycles. The van der Waals surface area contributed by atoms with E-state index in [4.69, 9.17) is 9.79 Å². The summed E-state index contributed by atoms with van der Waals surface area (Å²) in [5.74, 6) is 0. The minimum absolute atomic E-state index is 0.323. The average Bonchev–Trinajstić information content (AvgIpc) is 2.00. The Morgan fingerprint density at radius 3 is 2.69 bits per heavy atom. The van der Waals surface area contributed by atoms with Gasteiger partial charge in [0, 0.05) is 5.69 Å². The molecule has 5 heteroatoms. The highest BCUT2D eigenvalue weighted by Crippen LogP contribution is 2.33. The number of hydrogen-bond acceptors (Lipinski definition) is 2. The van der Waals surface area contributed by atoms with Crippen LogP contribution in [0.4, 0.5) is 5.69 Å². The molecule has 0 aliphatic rings. The predicted molar refractivity (Wildman–Crippen MR) is 51.7 cm³/mol. The fourth-order valence-electron chi connectivity index (χ4n) is 0.949. The summed E-state index contributed by atoms with van der Waals surface area (Å²) in [6.07, 6.45) is -0.323. The van der Waals surface area contributed by atoms with E-state index in [-0.39, 0.29) is 6.29 Å². The zero-order chi connectivity index (χ0) is 9.90. The molecule has 0 heterocycles. The maximum absolute atomic E-state index is 10.5. The molecule has 1 aromatic carbocycles. The molecule has 72 valence electrons. The van der Waals surface area contributed by atoms with Gasteiger partial charge in [-0.2, -0.15) is 0 Å². The maximum atomic E-state index is 10.5. The van der Waals surface area contributed by atoms with Gasteiger partial charge in [0.2, 0.25) is 0 Å². The zero-order valence-corrected chi connectivity index (χ0v) is 8.16. The second-order valence-electron chi connectivity index (χ2n) is 2.87. The Kier molecular flexibility index (Phi) is 3.09. The highest BCUT2D eigenvalue weighted by atomic mass is 31.2. The first-order valence-corrected chi connectivity index (χ1v) is 5.62. The number of aryl methyl sites for hydroxylation is 1. The van der Waals surface area contributed by atoms with Crippen LogP contribution in [0.25, 0.3) is 0 Å². The van der Waals surface area contributed by atoms with E-state index < -0.39 is 7.60 Å². The maximum Gasteiger partial charge on any atom is 0.344 e. The predicted octanol–water partition coefficient (Wildman–Crippen LogP) is 1.54. The Balaban J connectivity index is 2.60. The van der Waals surface area contributed by atoms with E-state index in [1.165, 1.54) is 0 Å². The van der Waals surface area contributed by atoms with Gasteiger partial charge in [-0.05, 0) is 24.6 Å². The summed E-state index contributed by atoms with van der Waals surface area (Å²) in [7, 11) is -3.96. The van der Waals surface area contributed by atoms with E-state index in [0.29, 0.717) is 0 Å². The molecular formula is C8H12NO3P. The van der Waals surface area contributed by atoms with Crippen molar-refractivity contribution in [3.05, 3.63) is 29.8 Å². The van der Waals surface area contributed by atoms with E-state index in [0.717, 1.165) is 11.3 Å². The van der Waals surface area contributed by atoms with E-state index >= 15 is 0 Å². The van der Waals surface area contributed by atoms with E-state index in [1.807, 2.05) is 25.1 Å². The molecule has 0 aliphatic carbocycles. The molecular weight excluding hydrogens is 189 g/mol. The Bertz CT molecular complexity index is 334. The summed E-state index contributed by atoms with van der Waals surface area (Å²) in [5.41, 5.74) is 1.78. The van der Waals surface area contributed by atoms with Crippen LogP contribution in [0, 0.1) is 6.92 Å². The molecule has 0 bridgehead atoms. The largest absolute Gasteiger partial charge is 0.374 e. The lowest BCUT2D eigenvalue weighted by atomic mass is 10.2. The SMILES string of the molecule is Cc1cccc(NCP(=O)(O)O)c1. The number of benzene rings is 1. The molecule has 0 aromatic heterocycles. The molecule has 1 aromatic rings. The van der Waals surface area contributed by atoms with Crippen LogP contribution in [0.2, 0.25) is 0 Å². The van der Waals surface area contributed by atoms with Gasteiger partial charge in [0.1, 0.15) is 6.29 Å². The van der Waals surface area contributed by atoms with Crippen molar-refractivity contribution >= 4 is 13.3 Å². The highest BCUT2D eigenvalue weighted by molar-refractivity contribution is 7.51. The van der Waals surface area contributed by atoms with Crippen LogP contribution in [0.5, 0.6) is 0 Å². The number of anilines is 1. The van der Waals surface area contributed by atoms with E-state index in [9.17, 15) is 4.57 Å². The standard InChI is InChI=1S/C8H12NO3P/c1-7-3-2-4-8(5-7)9-6-13(10,11)12/h2-5,9H,6H2,1H3,(H2,10,11,12). The zero-order valence-electron chi connectivity index (χ0n) is 7.27. The van der Waals surface area contributed by atoms with Gasteiger partial charge in [-0.1, -0.05) is 12.1 Å². The highest BCUT2D eigenvalue weighted by Gasteiger charge is 2.11. The third-order valence-electron chi connectivity index (χ3n) is 1.51. The first-order chi connectivity index (χ1) is 5.97. The number of nitrogens with one attached hydrogen (secondary N) is 1. The van der Waals surface area contributed by atoms with Crippen LogP contribution in [0.3, 0.4) is 0 Å². The molecule has 0 saturated heterocycles. The van der Waals surface area contributed by atoms with Crippen molar-refractivity contribution in [2.24, 2.45) is 0 Å². The van der Waals surface area contributed by atoms with Gasteiger partial charge in [0.15, 0.2) is 0 Å². The van der Waals surface area contributed by atoms with Crippen molar-refractivity contribution in [2.75, 3.05) is 11.6 Å². The molecule has 1 rings (SSSR count). The minimum Gasteiger partial charge on any atom is -0.374 e. The second kappa shape index (κ2) is 3.92. The van der Waals surface area contributed by atoms with Crippen LogP contribution >= 0.6 is 7.60 Å². The van der Waals surface area contributed by atoms with Gasteiger partial charge >= 0.3 is 7.60 Å². The molecule has 3 N–H and O–H groups in total. The summed E-state index contributed by atoms with van der Waals surface area (Å²) >= 11 is 0. The van der Waals surface area contributed by atoms with E-state index in [1.54, 1.807) is 6.07 Å². The summed E-state index contributed by atoms with van der Waals surface area (Å²) in [6, 6.07) is 7.35. The summed E-state index contributed by atoms with van der Waals surface area (Å²) in [5, 5.41) is 2.66. The van der Waals surface area contributed by atoms with Gasteiger partial charge in [-0.15, -0.1) is 0 Å². The third-order valence-corrected chi connectivity index (χ3v) is 2.08. The molecule has 4 nitrogen and oxygen atoms in total. The number of hydrogen-bond donors (Lipinski definition) is 3. The number of rotatable bonds is 3. The third kappa shape index (κ3) is 4.08. The fourth-order valence-corrected chi connectivity index (χ4v) is 1.34. The van der Waals surface area contributed by atoms with Crippen molar-refractivity contribution in [1.82, 2.24) is 0 Å². The second-order valence-corrected chi connectivity index (χ2v) is 4.51. The first-order valence-electron chi connectivity index (χ1n) is 3.82. The Hall–Kier alpha value is -0.830. The van der Waals surface area contributed by atoms with E-state index in [2.05, 4.69) is 5.32 Å². The van der Waals surface area contributed by atoms with Crippen LogP contribution in [0.15, 0.2) is 24.3 Å². The average molecular weight is 201 g/mol. The molecule has 0 fully saturated rings. The van der Waals surface area contributed by atoms with Crippen molar-refractivity contribution in [1.29, 1.82) is 0 Å². The molecule has 0 saturated carbocycles. The lowest BCUT2D eigenvalue weighted by Crippen LogP contribution is -2.01. The minimum atomic E-state index is -3.96. The quantitative estimate of drug-likeness (QED) is 0.649. The Morgan fingerprint density at radius 1 is 1.46 bits per heavy atom. The van der Waals surface area contributed by atoms with Crippen LogP contribution < -0.4 is 5.32 Å². The molecule has 0 atom stereocenters. The van der Waals surface area contributed by atoms with Crippen molar-refractivity contribution < 1.29 is 14.4 Å². The van der Waals surface area contributed by atoms with Gasteiger partial charge in [0.25, 0.3) is 0 Å². The summed E-state index contributed by atoms with van der Waals surface area (Å²) < 4.78 is 10.5. The fraction of sp³-hybridized carbons (Fsp3) is 0.250. The summed E-state index contributed by atoms with van der Waals surface area (Å²) in [4.78, 5) is 17.2. The van der Waals surface area contributed by atoms with Crippen LogP contribution in [-0.2, 0) is 4.57 Å². The van der Waals surface area contributed by atoms with Gasteiger partial charge in [0.05, 0.1) is 0 Å². The summed E-state index contributed by atoms with van der Waals surface area (Å²) in [6.45, 7) is 1.92. The Labute approximate surface area is 76.8 Å². The monoisotopic (exact) mass is 201 g/mol. The first kappa shape index (κ1) is 10.3. The van der Waals surface area contributed by atoms with Crippen LogP contribution in [0.1, 0.15) is 5.56 Å². The molecule has 0 amide bonds. The molecule has 0 spiro atoms. The topological polar surface area (TPSA) is 69.6 Å². The molecule has 13 heavy (non-hydrogen) atoms. The lowest BCUT2D eigenvalue weighted by Gasteiger charge is -2.07. The van der Waals surface area contributed by atoms with Crippen LogP contribution in [-0.4, -0.2) is 16.1 Å². The van der Waals surface area contributed by atoms with Gasteiger partial charge in [-0.3, -0.25) is 4.57 Å². The van der Waals surface area contributed by atoms with Crippen molar-refractivity contribution in [2.45, 2.75) is 6.92 Å². The van der Waals surface area contributed by atoms with Gasteiger partial charge < -0.3 is 15.1 Å². The lowest BCUT2D eigenvalue weighted by molar-refractivity contribution is 0.375. The molecule has 0 radical (unpaired) electrons.